The molecule has 7 nitrogen and oxygen atoms in total. The topological polar surface area (TPSA) is 95.6 Å². The highest BCUT2D eigenvalue weighted by molar-refractivity contribution is 7.89. The Labute approximate surface area is 188 Å². The Morgan fingerprint density at radius 3 is 2.53 bits per heavy atom. The maximum Gasteiger partial charge on any atom is 0.253 e. The predicted octanol–water partition coefficient (Wildman–Crippen LogP) is 3.39. The SMILES string of the molecule is CC[C@@H](C)NC(=O)c1ccccc1NC(=O)[C@H]1CCCN(S(=O)(=O)c2ccc(F)cc2)C1. The first-order valence-electron chi connectivity index (χ1n) is 10.7. The van der Waals surface area contributed by atoms with Crippen LogP contribution in [0.4, 0.5) is 10.1 Å². The molecule has 1 aliphatic heterocycles. The van der Waals surface area contributed by atoms with Crippen molar-refractivity contribution >= 4 is 27.5 Å². The van der Waals surface area contributed by atoms with E-state index in [2.05, 4.69) is 10.6 Å². The first kappa shape index (κ1) is 23.9. The summed E-state index contributed by atoms with van der Waals surface area (Å²) in [4.78, 5) is 25.5. The molecule has 2 amide bonds. The summed E-state index contributed by atoms with van der Waals surface area (Å²) in [5.41, 5.74) is 0.740. The van der Waals surface area contributed by atoms with Gasteiger partial charge in [0, 0.05) is 19.1 Å². The monoisotopic (exact) mass is 461 g/mol. The van der Waals surface area contributed by atoms with Crippen LogP contribution in [-0.4, -0.2) is 43.7 Å². The van der Waals surface area contributed by atoms with Crippen molar-refractivity contribution in [2.45, 2.75) is 44.0 Å². The quantitative estimate of drug-likeness (QED) is 0.661. The lowest BCUT2D eigenvalue weighted by Gasteiger charge is -2.31. The van der Waals surface area contributed by atoms with Crippen molar-refractivity contribution in [2.75, 3.05) is 18.4 Å². The van der Waals surface area contributed by atoms with Gasteiger partial charge < -0.3 is 10.6 Å². The van der Waals surface area contributed by atoms with Gasteiger partial charge in [0.15, 0.2) is 0 Å². The van der Waals surface area contributed by atoms with E-state index in [9.17, 15) is 22.4 Å². The molecule has 2 N–H and O–H groups in total. The third-order valence-corrected chi connectivity index (χ3v) is 7.51. The minimum absolute atomic E-state index is 0.00479. The van der Waals surface area contributed by atoms with Gasteiger partial charge in [0.05, 0.1) is 22.1 Å². The summed E-state index contributed by atoms with van der Waals surface area (Å²) >= 11 is 0. The first-order valence-corrected chi connectivity index (χ1v) is 12.1. The zero-order valence-electron chi connectivity index (χ0n) is 18.2. The lowest BCUT2D eigenvalue weighted by atomic mass is 9.98. The molecule has 1 fully saturated rings. The largest absolute Gasteiger partial charge is 0.350 e. The van der Waals surface area contributed by atoms with E-state index in [0.29, 0.717) is 24.1 Å². The first-order chi connectivity index (χ1) is 15.2. The number of hydrogen-bond donors (Lipinski definition) is 2. The number of halogens is 1. The van der Waals surface area contributed by atoms with Gasteiger partial charge in [-0.1, -0.05) is 19.1 Å². The summed E-state index contributed by atoms with van der Waals surface area (Å²) in [5, 5.41) is 5.68. The summed E-state index contributed by atoms with van der Waals surface area (Å²) in [6.45, 7) is 4.18. The second-order valence-electron chi connectivity index (χ2n) is 7.97. The number of nitrogens with zero attached hydrogens (tertiary/aromatic N) is 1. The van der Waals surface area contributed by atoms with Crippen LogP contribution in [0.5, 0.6) is 0 Å². The molecule has 0 unspecified atom stereocenters. The Hall–Kier alpha value is -2.78. The van der Waals surface area contributed by atoms with Crippen molar-refractivity contribution in [3.8, 4) is 0 Å². The fourth-order valence-electron chi connectivity index (χ4n) is 3.56. The second kappa shape index (κ2) is 10.2. The van der Waals surface area contributed by atoms with Crippen LogP contribution < -0.4 is 10.6 Å². The number of carbonyl (C=O) groups is 2. The van der Waals surface area contributed by atoms with E-state index < -0.39 is 21.8 Å². The molecule has 1 aliphatic rings. The molecular formula is C23H28FN3O4S. The number of para-hydroxylation sites is 1. The Morgan fingerprint density at radius 1 is 1.16 bits per heavy atom. The number of carbonyl (C=O) groups excluding carboxylic acids is 2. The number of anilines is 1. The van der Waals surface area contributed by atoms with Crippen LogP contribution in [0.25, 0.3) is 0 Å². The average Bonchev–Trinajstić information content (AvgIpc) is 2.79. The molecule has 2 aromatic carbocycles. The summed E-state index contributed by atoms with van der Waals surface area (Å²) in [6, 6.07) is 11.4. The number of hydrogen-bond acceptors (Lipinski definition) is 4. The Balaban J connectivity index is 1.73. The van der Waals surface area contributed by atoms with Gasteiger partial charge >= 0.3 is 0 Å². The number of benzene rings is 2. The molecule has 32 heavy (non-hydrogen) atoms. The van der Waals surface area contributed by atoms with Crippen LogP contribution in [0.15, 0.2) is 53.4 Å². The molecule has 0 aliphatic carbocycles. The average molecular weight is 462 g/mol. The number of nitrogens with one attached hydrogen (secondary N) is 2. The fourth-order valence-corrected chi connectivity index (χ4v) is 5.08. The maximum atomic E-state index is 13.2. The molecule has 1 saturated heterocycles. The molecule has 2 aromatic rings. The molecule has 172 valence electrons. The van der Waals surface area contributed by atoms with E-state index in [1.165, 1.54) is 16.4 Å². The van der Waals surface area contributed by atoms with Crippen LogP contribution in [0.3, 0.4) is 0 Å². The predicted molar refractivity (Wildman–Crippen MR) is 120 cm³/mol. The smallest absolute Gasteiger partial charge is 0.253 e. The normalized spacial score (nSPS) is 18.0. The summed E-state index contributed by atoms with van der Waals surface area (Å²) in [7, 11) is -3.83. The Kier molecular flexibility index (Phi) is 7.63. The van der Waals surface area contributed by atoms with Crippen LogP contribution in [0.2, 0.25) is 0 Å². The fraction of sp³-hybridized carbons (Fsp3) is 0.391. The van der Waals surface area contributed by atoms with Gasteiger partial charge in [0.25, 0.3) is 5.91 Å². The van der Waals surface area contributed by atoms with Gasteiger partial charge in [-0.05, 0) is 62.6 Å². The van der Waals surface area contributed by atoms with E-state index in [1.807, 2.05) is 13.8 Å². The lowest BCUT2D eigenvalue weighted by Crippen LogP contribution is -2.43. The van der Waals surface area contributed by atoms with Crippen molar-refractivity contribution < 1.29 is 22.4 Å². The molecule has 0 saturated carbocycles. The third kappa shape index (κ3) is 5.52. The van der Waals surface area contributed by atoms with Gasteiger partial charge in [-0.25, -0.2) is 12.8 Å². The van der Waals surface area contributed by atoms with Gasteiger partial charge in [-0.3, -0.25) is 9.59 Å². The van der Waals surface area contributed by atoms with Crippen molar-refractivity contribution in [3.63, 3.8) is 0 Å². The third-order valence-electron chi connectivity index (χ3n) is 5.63. The van der Waals surface area contributed by atoms with Crippen molar-refractivity contribution in [1.82, 2.24) is 9.62 Å². The van der Waals surface area contributed by atoms with Crippen LogP contribution in [0, 0.1) is 11.7 Å². The van der Waals surface area contributed by atoms with E-state index in [0.717, 1.165) is 18.6 Å². The molecule has 0 aromatic heterocycles. The zero-order chi connectivity index (χ0) is 23.3. The number of piperidine rings is 1. The minimum atomic E-state index is -3.83. The van der Waals surface area contributed by atoms with Gasteiger partial charge in [-0.15, -0.1) is 0 Å². The number of rotatable bonds is 7. The highest BCUT2D eigenvalue weighted by atomic mass is 32.2. The van der Waals surface area contributed by atoms with Gasteiger partial charge in [-0.2, -0.15) is 4.31 Å². The van der Waals surface area contributed by atoms with Gasteiger partial charge in [0.2, 0.25) is 15.9 Å². The highest BCUT2D eigenvalue weighted by Crippen LogP contribution is 2.25. The maximum absolute atomic E-state index is 13.2. The van der Waals surface area contributed by atoms with Gasteiger partial charge in [0.1, 0.15) is 5.82 Å². The summed E-state index contributed by atoms with van der Waals surface area (Å²) in [6.07, 6.45) is 1.83. The standard InChI is InChI=1S/C23H28FN3O4S/c1-3-16(2)25-23(29)20-8-4-5-9-21(20)26-22(28)17-7-6-14-27(15-17)32(30,31)19-12-10-18(24)11-13-19/h4-5,8-13,16-17H,3,6-7,14-15H2,1-2H3,(H,25,29)(H,26,28)/t16-,17+/m1/s1. The Bertz CT molecular complexity index is 1070. The van der Waals surface area contributed by atoms with E-state index >= 15 is 0 Å². The molecule has 2 atom stereocenters. The highest BCUT2D eigenvalue weighted by Gasteiger charge is 2.33. The molecular weight excluding hydrogens is 433 g/mol. The molecule has 0 bridgehead atoms. The van der Waals surface area contributed by atoms with Crippen molar-refractivity contribution in [1.29, 1.82) is 0 Å². The molecule has 9 heteroatoms. The molecule has 3 rings (SSSR count). The number of amides is 2. The zero-order valence-corrected chi connectivity index (χ0v) is 19.0. The second-order valence-corrected chi connectivity index (χ2v) is 9.91. The van der Waals surface area contributed by atoms with E-state index in [4.69, 9.17) is 0 Å². The van der Waals surface area contributed by atoms with Crippen molar-refractivity contribution in [2.24, 2.45) is 5.92 Å². The molecule has 1 heterocycles. The van der Waals surface area contributed by atoms with Crippen LogP contribution in [-0.2, 0) is 14.8 Å². The minimum Gasteiger partial charge on any atom is -0.350 e. The lowest BCUT2D eigenvalue weighted by molar-refractivity contribution is -0.120. The van der Waals surface area contributed by atoms with Crippen molar-refractivity contribution in [3.05, 3.63) is 59.9 Å². The molecule has 0 radical (unpaired) electrons. The van der Waals surface area contributed by atoms with Crippen LogP contribution >= 0.6 is 0 Å². The van der Waals surface area contributed by atoms with E-state index in [1.54, 1.807) is 24.3 Å². The number of sulfonamides is 1. The summed E-state index contributed by atoms with van der Waals surface area (Å²) in [5.74, 6) is -1.70. The molecule has 0 spiro atoms. The van der Waals surface area contributed by atoms with Crippen LogP contribution in [0.1, 0.15) is 43.5 Å². The Morgan fingerprint density at radius 2 is 1.84 bits per heavy atom. The van der Waals surface area contributed by atoms with E-state index in [-0.39, 0.29) is 35.8 Å². The summed E-state index contributed by atoms with van der Waals surface area (Å²) < 4.78 is 40.3.